The van der Waals surface area contributed by atoms with Gasteiger partial charge in [0.05, 0.1) is 6.04 Å². The van der Waals surface area contributed by atoms with E-state index >= 15 is 0 Å². The van der Waals surface area contributed by atoms with Crippen molar-refractivity contribution in [1.29, 1.82) is 0 Å². The lowest BCUT2D eigenvalue weighted by Crippen LogP contribution is -2.51. The van der Waals surface area contributed by atoms with Gasteiger partial charge in [-0.3, -0.25) is 4.79 Å². The largest absolute Gasteiger partial charge is 0.461 e. The van der Waals surface area contributed by atoms with Crippen molar-refractivity contribution in [3.63, 3.8) is 0 Å². The molecule has 1 fully saturated rings. The molecule has 2 amide bonds. The molecular weight excluding hydrogens is 311 g/mol. The Morgan fingerprint density at radius 3 is 2.86 bits per heavy atom. The Morgan fingerprint density at radius 1 is 1.50 bits per heavy atom. The fourth-order valence-electron chi connectivity index (χ4n) is 2.24. The van der Waals surface area contributed by atoms with Crippen LogP contribution < -0.4 is 10.6 Å². The number of urea groups is 1. The molecule has 1 aromatic carbocycles. The molecule has 1 heterocycles. The highest BCUT2D eigenvalue weighted by molar-refractivity contribution is 6.31. The van der Waals surface area contributed by atoms with Crippen LogP contribution in [0.1, 0.15) is 11.6 Å². The highest BCUT2D eigenvalue weighted by Gasteiger charge is 2.40. The Bertz CT molecular complexity index is 627. The van der Waals surface area contributed by atoms with E-state index in [1.54, 1.807) is 0 Å². The Kier molecular flexibility index (Phi) is 4.82. The predicted molar refractivity (Wildman–Crippen MR) is 79.6 cm³/mol. The van der Waals surface area contributed by atoms with Gasteiger partial charge in [-0.1, -0.05) is 36.9 Å². The number of hydrogen-bond donors (Lipinski definition) is 2. The number of benzene rings is 1. The van der Waals surface area contributed by atoms with Gasteiger partial charge in [-0.05, 0) is 12.1 Å². The molecule has 0 saturated carbocycles. The number of rotatable bonds is 4. The summed E-state index contributed by atoms with van der Waals surface area (Å²) in [5.74, 6) is -2.30. The van der Waals surface area contributed by atoms with Gasteiger partial charge in [0.1, 0.15) is 18.3 Å². The third-order valence-electron chi connectivity index (χ3n) is 3.18. The molecule has 0 unspecified atom stereocenters. The van der Waals surface area contributed by atoms with Crippen molar-refractivity contribution >= 4 is 23.6 Å². The predicted octanol–water partition coefficient (Wildman–Crippen LogP) is 2.69. The highest BCUT2D eigenvalue weighted by Crippen LogP contribution is 2.35. The standard InChI is InChI=1S/C15H14ClFN2O3/c1-3-7-22-14(20)11-8(2)18-15(21)19-13(11)12-9(16)5-4-6-10(12)17/h3-6,11,13H,1-2,7H2,(H2,18,19,21)/t11-,13-/m0/s1. The van der Waals surface area contributed by atoms with E-state index in [-0.39, 0.29) is 22.9 Å². The lowest BCUT2D eigenvalue weighted by molar-refractivity contribution is -0.147. The summed E-state index contributed by atoms with van der Waals surface area (Å²) in [5.41, 5.74) is 0.128. The summed E-state index contributed by atoms with van der Waals surface area (Å²) in [7, 11) is 0. The van der Waals surface area contributed by atoms with Crippen LogP contribution in [-0.2, 0) is 9.53 Å². The van der Waals surface area contributed by atoms with Gasteiger partial charge in [0.15, 0.2) is 0 Å². The lowest BCUT2D eigenvalue weighted by atomic mass is 9.88. The second kappa shape index (κ2) is 6.62. The molecule has 2 rings (SSSR count). The third kappa shape index (κ3) is 3.12. The molecular formula is C15H14ClFN2O3. The van der Waals surface area contributed by atoms with Gasteiger partial charge < -0.3 is 15.4 Å². The molecule has 0 spiro atoms. The summed E-state index contributed by atoms with van der Waals surface area (Å²) in [5, 5.41) is 4.98. The Balaban J connectivity index is 2.43. The number of esters is 1. The summed E-state index contributed by atoms with van der Waals surface area (Å²) in [6, 6.07) is 2.51. The zero-order valence-electron chi connectivity index (χ0n) is 11.6. The van der Waals surface area contributed by atoms with Gasteiger partial charge in [0.2, 0.25) is 0 Å². The van der Waals surface area contributed by atoms with E-state index in [0.717, 1.165) is 0 Å². The van der Waals surface area contributed by atoms with E-state index in [2.05, 4.69) is 23.8 Å². The Labute approximate surface area is 131 Å². The molecule has 0 aromatic heterocycles. The van der Waals surface area contributed by atoms with Gasteiger partial charge in [-0.15, -0.1) is 0 Å². The molecule has 1 aromatic rings. The fourth-order valence-corrected chi connectivity index (χ4v) is 2.52. The summed E-state index contributed by atoms with van der Waals surface area (Å²) >= 11 is 6.02. The average Bonchev–Trinajstić information content (AvgIpc) is 2.44. The number of halogens is 2. The van der Waals surface area contributed by atoms with Crippen LogP contribution in [0.5, 0.6) is 0 Å². The number of carbonyl (C=O) groups is 2. The molecule has 1 aliphatic rings. The van der Waals surface area contributed by atoms with E-state index in [1.165, 1.54) is 24.3 Å². The zero-order chi connectivity index (χ0) is 16.3. The minimum absolute atomic E-state index is 0.00567. The molecule has 1 saturated heterocycles. The maximum atomic E-state index is 14.1. The number of hydrogen-bond acceptors (Lipinski definition) is 3. The number of ether oxygens (including phenoxy) is 1. The van der Waals surface area contributed by atoms with Gasteiger partial charge in [0, 0.05) is 16.3 Å². The zero-order valence-corrected chi connectivity index (χ0v) is 12.3. The van der Waals surface area contributed by atoms with Crippen molar-refractivity contribution in [2.24, 2.45) is 5.92 Å². The first-order valence-corrected chi connectivity index (χ1v) is 6.81. The van der Waals surface area contributed by atoms with Crippen LogP contribution in [0.15, 0.2) is 43.1 Å². The van der Waals surface area contributed by atoms with Crippen LogP contribution in [0.25, 0.3) is 0 Å². The van der Waals surface area contributed by atoms with Gasteiger partial charge in [-0.25, -0.2) is 9.18 Å². The highest BCUT2D eigenvalue weighted by atomic mass is 35.5. The molecule has 0 radical (unpaired) electrons. The molecule has 0 aliphatic carbocycles. The van der Waals surface area contributed by atoms with E-state index in [9.17, 15) is 14.0 Å². The van der Waals surface area contributed by atoms with Crippen LogP contribution in [0.4, 0.5) is 9.18 Å². The first-order chi connectivity index (χ1) is 10.5. The molecule has 116 valence electrons. The van der Waals surface area contributed by atoms with Crippen LogP contribution in [-0.4, -0.2) is 18.6 Å². The van der Waals surface area contributed by atoms with Gasteiger partial charge in [-0.2, -0.15) is 0 Å². The summed E-state index contributed by atoms with van der Waals surface area (Å²) < 4.78 is 19.1. The molecule has 0 bridgehead atoms. The van der Waals surface area contributed by atoms with Gasteiger partial charge in [0.25, 0.3) is 0 Å². The van der Waals surface area contributed by atoms with Crippen molar-refractivity contribution in [3.8, 4) is 0 Å². The van der Waals surface area contributed by atoms with Crippen molar-refractivity contribution < 1.29 is 18.7 Å². The van der Waals surface area contributed by atoms with Crippen molar-refractivity contribution in [2.75, 3.05) is 6.61 Å². The normalized spacial score (nSPS) is 20.8. The topological polar surface area (TPSA) is 67.4 Å². The van der Waals surface area contributed by atoms with E-state index < -0.39 is 29.8 Å². The quantitative estimate of drug-likeness (QED) is 0.661. The molecule has 7 heteroatoms. The summed E-state index contributed by atoms with van der Waals surface area (Å²) in [4.78, 5) is 23.8. The third-order valence-corrected chi connectivity index (χ3v) is 3.51. The van der Waals surface area contributed by atoms with E-state index in [1.807, 2.05) is 0 Å². The molecule has 2 atom stereocenters. The van der Waals surface area contributed by atoms with Crippen LogP contribution in [0.2, 0.25) is 5.02 Å². The summed E-state index contributed by atoms with van der Waals surface area (Å²) in [6.07, 6.45) is 1.40. The second-order valence-corrected chi connectivity index (χ2v) is 5.04. The number of amides is 2. The van der Waals surface area contributed by atoms with Crippen molar-refractivity contribution in [3.05, 3.63) is 59.5 Å². The Hall–Kier alpha value is -2.34. The lowest BCUT2D eigenvalue weighted by Gasteiger charge is -2.33. The van der Waals surface area contributed by atoms with Gasteiger partial charge >= 0.3 is 12.0 Å². The molecule has 2 N–H and O–H groups in total. The van der Waals surface area contributed by atoms with E-state index in [4.69, 9.17) is 16.3 Å². The number of carbonyl (C=O) groups excluding carboxylic acids is 2. The van der Waals surface area contributed by atoms with Crippen LogP contribution in [0.3, 0.4) is 0 Å². The maximum absolute atomic E-state index is 14.1. The number of nitrogens with one attached hydrogen (secondary N) is 2. The van der Waals surface area contributed by atoms with Crippen molar-refractivity contribution in [2.45, 2.75) is 6.04 Å². The van der Waals surface area contributed by atoms with Crippen molar-refractivity contribution in [1.82, 2.24) is 10.6 Å². The van der Waals surface area contributed by atoms with Crippen LogP contribution >= 0.6 is 11.6 Å². The smallest absolute Gasteiger partial charge is 0.319 e. The average molecular weight is 325 g/mol. The molecule has 1 aliphatic heterocycles. The fraction of sp³-hybridized carbons (Fsp3) is 0.200. The molecule has 5 nitrogen and oxygen atoms in total. The minimum atomic E-state index is -1.01. The summed E-state index contributed by atoms with van der Waals surface area (Å²) in [6.45, 7) is 7.09. The maximum Gasteiger partial charge on any atom is 0.319 e. The van der Waals surface area contributed by atoms with E-state index in [0.29, 0.717) is 0 Å². The second-order valence-electron chi connectivity index (χ2n) is 4.63. The Morgan fingerprint density at radius 2 is 2.23 bits per heavy atom. The monoisotopic (exact) mass is 324 g/mol. The van der Waals surface area contributed by atoms with Crippen LogP contribution in [0, 0.1) is 11.7 Å². The first-order valence-electron chi connectivity index (χ1n) is 6.43. The SMILES string of the molecule is C=CCOC(=O)[C@H]1C(=C)NC(=O)N[C@@H]1c1c(F)cccc1Cl. The minimum Gasteiger partial charge on any atom is -0.461 e. The molecule has 22 heavy (non-hydrogen) atoms. The first kappa shape index (κ1) is 16.0.